The van der Waals surface area contributed by atoms with Gasteiger partial charge in [-0.2, -0.15) is 0 Å². The molecule has 4 aliphatic carbocycles. The molecule has 0 aromatic carbocycles. The van der Waals surface area contributed by atoms with Crippen LogP contribution in [0, 0.1) is 45.3 Å². The summed E-state index contributed by atoms with van der Waals surface area (Å²) in [4.78, 5) is 0. The van der Waals surface area contributed by atoms with E-state index in [1.807, 2.05) is 0 Å². The van der Waals surface area contributed by atoms with Gasteiger partial charge in [-0.05, 0) is 112 Å². The zero-order chi connectivity index (χ0) is 52.3. The summed E-state index contributed by atoms with van der Waals surface area (Å²) in [6.07, 6.45) is -4.36. The van der Waals surface area contributed by atoms with E-state index in [1.54, 1.807) is 13.8 Å². The number of allylic oxidation sites excluding steroid dienone is 1. The summed E-state index contributed by atoms with van der Waals surface area (Å²) < 4.78 is 49.5. The molecule has 4 aliphatic heterocycles. The van der Waals surface area contributed by atoms with Crippen molar-refractivity contribution >= 4 is 0 Å². The van der Waals surface area contributed by atoms with Gasteiger partial charge in [-0.3, -0.25) is 0 Å². The van der Waals surface area contributed by atoms with Gasteiger partial charge in [0.15, 0.2) is 25.2 Å². The van der Waals surface area contributed by atoms with E-state index >= 15 is 0 Å². The summed E-state index contributed by atoms with van der Waals surface area (Å²) in [7, 11) is 0. The number of ether oxygens (including phenoxy) is 8. The summed E-state index contributed by atoms with van der Waals surface area (Å²) in [5.74, 6) is 1.69. The lowest BCUT2D eigenvalue weighted by molar-refractivity contribution is -0.358. The van der Waals surface area contributed by atoms with Crippen LogP contribution in [0.1, 0.15) is 145 Å². The fourth-order valence-corrected chi connectivity index (χ4v) is 15.7. The first-order chi connectivity index (χ1) is 33.9. The molecule has 8 aliphatic rings. The van der Waals surface area contributed by atoms with E-state index in [9.17, 15) is 51.1 Å². The molecule has 0 amide bonds. The van der Waals surface area contributed by atoms with Gasteiger partial charge in [0.1, 0.15) is 30.5 Å². The maximum absolute atomic E-state index is 11.7. The summed E-state index contributed by atoms with van der Waals surface area (Å²) in [6, 6.07) is 0. The first kappa shape index (κ1) is 57.2. The van der Waals surface area contributed by atoms with Crippen LogP contribution in [0.2, 0.25) is 0 Å². The second kappa shape index (κ2) is 22.4. The van der Waals surface area contributed by atoms with Crippen LogP contribution in [0.5, 0.6) is 0 Å². The van der Waals surface area contributed by atoms with Crippen molar-refractivity contribution in [2.24, 2.45) is 45.3 Å². The Balaban J connectivity index is 0.912. The van der Waals surface area contributed by atoms with E-state index < -0.39 is 117 Å². The third-order valence-electron chi connectivity index (χ3n) is 20.1. The van der Waals surface area contributed by atoms with Gasteiger partial charge in [0.2, 0.25) is 0 Å². The predicted octanol–water partition coefficient (Wildman–Crippen LogP) is 2.94. The molecule has 0 spiro atoms. The minimum absolute atomic E-state index is 0.0204. The third kappa shape index (κ3) is 11.0. The highest BCUT2D eigenvalue weighted by Gasteiger charge is 2.67. The number of hydrogen-bond donors (Lipinski definition) is 10. The van der Waals surface area contributed by atoms with Gasteiger partial charge in [-0.1, -0.05) is 53.2 Å². The van der Waals surface area contributed by atoms with E-state index in [1.165, 1.54) is 5.57 Å². The maximum atomic E-state index is 11.7. The lowest BCUT2D eigenvalue weighted by atomic mass is 9.39. The Kier molecular flexibility index (Phi) is 17.8. The molecule has 0 aromatic rings. The van der Waals surface area contributed by atoms with Crippen LogP contribution in [-0.4, -0.2) is 188 Å². The van der Waals surface area contributed by atoms with Crippen LogP contribution in [0.3, 0.4) is 0 Å². The van der Waals surface area contributed by atoms with Gasteiger partial charge in [0.25, 0.3) is 0 Å². The van der Waals surface area contributed by atoms with Crippen molar-refractivity contribution in [2.45, 2.75) is 255 Å². The van der Waals surface area contributed by atoms with Crippen LogP contribution in [0.25, 0.3) is 0 Å². The average Bonchev–Trinajstić information content (AvgIpc) is 3.60. The van der Waals surface area contributed by atoms with E-state index in [-0.39, 0.29) is 60.2 Å². The van der Waals surface area contributed by atoms with Gasteiger partial charge in [-0.25, -0.2) is 0 Å². The summed E-state index contributed by atoms with van der Waals surface area (Å²) in [5.41, 5.74) is 0.282. The smallest absolute Gasteiger partial charge is 0.187 e. The van der Waals surface area contributed by atoms with Crippen molar-refractivity contribution in [1.29, 1.82) is 0 Å². The van der Waals surface area contributed by atoms with Gasteiger partial charge in [0, 0.05) is 37.5 Å². The zero-order valence-electron chi connectivity index (χ0n) is 44.2. The molecule has 8 rings (SSSR count). The van der Waals surface area contributed by atoms with Gasteiger partial charge < -0.3 is 89.0 Å². The second-order valence-electron chi connectivity index (χ2n) is 25.2. The molecule has 416 valence electrons. The Morgan fingerprint density at radius 2 is 1.28 bits per heavy atom. The molecule has 10 N–H and O–H groups in total. The van der Waals surface area contributed by atoms with Crippen molar-refractivity contribution in [1.82, 2.24) is 0 Å². The predicted molar refractivity (Wildman–Crippen MR) is 259 cm³/mol. The minimum Gasteiger partial charge on any atom is -0.394 e. The summed E-state index contributed by atoms with van der Waals surface area (Å²) in [5, 5.41) is 105. The molecule has 7 fully saturated rings. The van der Waals surface area contributed by atoms with Crippen LogP contribution < -0.4 is 0 Å². The highest BCUT2D eigenvalue weighted by atomic mass is 16.8. The Bertz CT molecular complexity index is 1810. The van der Waals surface area contributed by atoms with Crippen molar-refractivity contribution in [2.75, 3.05) is 26.4 Å². The SMILES string of the molecule is C[C@H](CC[C@@H](O[C@@H]1O[C@H](CO)C[C@H](O)[C@H]1O[C@H]1C[C@@H](O)[C@H](O[C@H]2C[C@@H](O)[C@H](O)[C@@H](CO)O2)[C@@H](CO)O1)C(C)(C)O)C1CC[C@@]2(C)C3CC=C4C(CC[C@H](O[C@H]5C[C@@H](O)C[C@@H](CO)O5)C4(C)C)[C@]3(C)CC[C@]12C. The zero-order valence-corrected chi connectivity index (χ0v) is 44.2. The van der Waals surface area contributed by atoms with Crippen molar-refractivity contribution in [3.63, 3.8) is 0 Å². The quantitative estimate of drug-likeness (QED) is 0.0938. The highest BCUT2D eigenvalue weighted by molar-refractivity contribution is 5.30. The van der Waals surface area contributed by atoms with Crippen LogP contribution in [-0.2, 0) is 37.9 Å². The number of rotatable bonds is 17. The van der Waals surface area contributed by atoms with Crippen LogP contribution in [0.4, 0.5) is 0 Å². The molecule has 3 unspecified atom stereocenters. The fraction of sp³-hybridized carbons (Fsp3) is 0.963. The van der Waals surface area contributed by atoms with Gasteiger partial charge in [-0.15, -0.1) is 0 Å². The molecule has 4 saturated heterocycles. The van der Waals surface area contributed by atoms with Crippen LogP contribution >= 0.6 is 0 Å². The van der Waals surface area contributed by atoms with E-state index in [4.69, 9.17) is 37.9 Å². The Morgan fingerprint density at radius 3 is 1.94 bits per heavy atom. The number of fused-ring (bicyclic) bond motifs is 5. The number of aliphatic hydroxyl groups is 10. The molecule has 24 atom stereocenters. The number of aliphatic hydroxyl groups excluding tert-OH is 9. The lowest BCUT2D eigenvalue weighted by Gasteiger charge is -2.66. The van der Waals surface area contributed by atoms with Crippen molar-refractivity contribution < 1.29 is 89.0 Å². The molecule has 4 heterocycles. The van der Waals surface area contributed by atoms with E-state index in [0.717, 1.165) is 51.4 Å². The molecule has 72 heavy (non-hydrogen) atoms. The monoisotopic (exact) mass is 1030 g/mol. The molecule has 18 heteroatoms. The highest BCUT2D eigenvalue weighted by Crippen LogP contribution is 2.75. The lowest BCUT2D eigenvalue weighted by Crippen LogP contribution is -2.59. The Hall–Kier alpha value is -0.980. The standard InChI is InChI=1S/C54H92O18/c1-28(32-15-16-54(8)40-12-10-33-34(52(40,6)17-18-53(32,54)7)11-14-41(50(33,2)3)69-43-20-29(59)19-30(24-55)65-43)9-13-42(51(4,5)64)70-49-48(36(61)21-31(25-56)66-49)72-45-23-37(62)47(39(27-58)68-45)71-44-22-35(60)46(63)38(26-57)67-44/h10,28-32,34-49,55-64H,9,11-27H2,1-8H3/t28-,29+,30+,31+,32?,34?,35-,36+,37-,38-,39-,40?,41+,42-,43+,44+,45+,46+,47+,48-,49+,52+,53-,54+/m1/s1. The Morgan fingerprint density at radius 1 is 0.653 bits per heavy atom. The third-order valence-corrected chi connectivity index (χ3v) is 20.1. The Labute approximate surface area is 426 Å². The molecule has 0 radical (unpaired) electrons. The normalized spacial score (nSPS) is 48.5. The van der Waals surface area contributed by atoms with Gasteiger partial charge >= 0.3 is 0 Å². The molecule has 0 bridgehead atoms. The molecule has 3 saturated carbocycles. The maximum Gasteiger partial charge on any atom is 0.187 e. The van der Waals surface area contributed by atoms with E-state index in [0.29, 0.717) is 42.9 Å². The topological polar surface area (TPSA) is 276 Å². The second-order valence-corrected chi connectivity index (χ2v) is 25.2. The first-order valence-electron chi connectivity index (χ1n) is 27.4. The van der Waals surface area contributed by atoms with Crippen LogP contribution in [0.15, 0.2) is 11.6 Å². The van der Waals surface area contributed by atoms with Crippen molar-refractivity contribution in [3.05, 3.63) is 11.6 Å². The average molecular weight is 1030 g/mol. The summed E-state index contributed by atoms with van der Waals surface area (Å²) >= 11 is 0. The first-order valence-corrected chi connectivity index (χ1v) is 27.4. The summed E-state index contributed by atoms with van der Waals surface area (Å²) in [6.45, 7) is 16.3. The fourth-order valence-electron chi connectivity index (χ4n) is 15.7. The molecular weight excluding hydrogens is 937 g/mol. The molecule has 0 aromatic heterocycles. The minimum atomic E-state index is -1.34. The largest absolute Gasteiger partial charge is 0.394 e. The van der Waals surface area contributed by atoms with E-state index in [2.05, 4.69) is 47.6 Å². The molecular formula is C54H92O18. The molecule has 18 nitrogen and oxygen atoms in total. The van der Waals surface area contributed by atoms with Crippen molar-refractivity contribution in [3.8, 4) is 0 Å². The van der Waals surface area contributed by atoms with Gasteiger partial charge in [0.05, 0.1) is 80.9 Å². The number of hydrogen-bond acceptors (Lipinski definition) is 18.